The Balaban J connectivity index is 2.54. The molecule has 0 aliphatic rings. The number of thiocarbonyl (C=S) groups is 1. The average Bonchev–Trinajstić information content (AvgIpc) is 2.31. The van der Waals surface area contributed by atoms with Crippen LogP contribution in [0.5, 0.6) is 0 Å². The van der Waals surface area contributed by atoms with Gasteiger partial charge in [0, 0.05) is 23.7 Å². The summed E-state index contributed by atoms with van der Waals surface area (Å²) in [5, 5.41) is 0.696. The Morgan fingerprint density at radius 2 is 2.16 bits per heavy atom. The van der Waals surface area contributed by atoms with Crippen molar-refractivity contribution in [3.05, 3.63) is 34.3 Å². The van der Waals surface area contributed by atoms with E-state index in [1.54, 1.807) is 0 Å². The van der Waals surface area contributed by atoms with E-state index in [-0.39, 0.29) is 6.10 Å². The van der Waals surface area contributed by atoms with Gasteiger partial charge in [-0.25, -0.2) is 0 Å². The first kappa shape index (κ1) is 16.4. The molecule has 0 aliphatic heterocycles. The summed E-state index contributed by atoms with van der Waals surface area (Å²) in [6.07, 6.45) is 0.266. The lowest BCUT2D eigenvalue weighted by atomic mass is 10.1. The van der Waals surface area contributed by atoms with Gasteiger partial charge in [0.25, 0.3) is 0 Å². The Bertz CT molecular complexity index is 437. The van der Waals surface area contributed by atoms with E-state index in [1.807, 2.05) is 39.1 Å². The molecular formula is C14H21ClN2OS. The first-order valence-electron chi connectivity index (χ1n) is 6.28. The fourth-order valence-corrected chi connectivity index (χ4v) is 2.01. The quantitative estimate of drug-likeness (QED) is 0.786. The van der Waals surface area contributed by atoms with Crippen molar-refractivity contribution in [1.82, 2.24) is 4.90 Å². The highest BCUT2D eigenvalue weighted by molar-refractivity contribution is 7.80. The largest absolute Gasteiger partial charge is 0.389 e. The monoisotopic (exact) mass is 300 g/mol. The predicted octanol–water partition coefficient (Wildman–Crippen LogP) is 2.83. The lowest BCUT2D eigenvalue weighted by molar-refractivity contribution is 0.0627. The summed E-state index contributed by atoms with van der Waals surface area (Å²) in [7, 11) is 2.04. The minimum absolute atomic E-state index is 0.266. The van der Waals surface area contributed by atoms with Crippen LogP contribution in [0, 0.1) is 0 Å². The van der Waals surface area contributed by atoms with Gasteiger partial charge in [-0.1, -0.05) is 36.0 Å². The molecule has 0 spiro atoms. The minimum atomic E-state index is 0.266. The van der Waals surface area contributed by atoms with Crippen LogP contribution >= 0.6 is 23.8 Å². The molecule has 5 heteroatoms. The standard InChI is InChI=1S/C14H21ClN2OS/c1-10(2)18-7-6-17(3)9-12-5-4-11(14(16)19)8-13(12)15/h4-5,8,10H,6-7,9H2,1-3H3,(H2,16,19). The fraction of sp³-hybridized carbons (Fsp3) is 0.500. The summed E-state index contributed by atoms with van der Waals surface area (Å²) in [5.41, 5.74) is 7.44. The Morgan fingerprint density at radius 1 is 1.47 bits per heavy atom. The van der Waals surface area contributed by atoms with E-state index in [4.69, 9.17) is 34.3 Å². The van der Waals surface area contributed by atoms with Crippen molar-refractivity contribution in [2.24, 2.45) is 5.73 Å². The second kappa shape index (κ2) is 7.80. The van der Waals surface area contributed by atoms with Gasteiger partial charge in [-0.15, -0.1) is 0 Å². The number of nitrogens with zero attached hydrogens (tertiary/aromatic N) is 1. The Morgan fingerprint density at radius 3 is 2.68 bits per heavy atom. The maximum Gasteiger partial charge on any atom is 0.104 e. The van der Waals surface area contributed by atoms with Crippen LogP contribution in [0.3, 0.4) is 0 Å². The molecule has 19 heavy (non-hydrogen) atoms. The van der Waals surface area contributed by atoms with Crippen LogP contribution in [0.25, 0.3) is 0 Å². The summed E-state index contributed by atoms with van der Waals surface area (Å²) in [6, 6.07) is 5.69. The molecule has 0 aliphatic carbocycles. The molecule has 0 saturated heterocycles. The van der Waals surface area contributed by atoms with Gasteiger partial charge < -0.3 is 10.5 Å². The highest BCUT2D eigenvalue weighted by Gasteiger charge is 2.07. The topological polar surface area (TPSA) is 38.5 Å². The highest BCUT2D eigenvalue weighted by atomic mass is 35.5. The third-order valence-electron chi connectivity index (χ3n) is 2.70. The van der Waals surface area contributed by atoms with E-state index < -0.39 is 0 Å². The second-order valence-electron chi connectivity index (χ2n) is 4.83. The molecule has 0 unspecified atom stereocenters. The SMILES string of the molecule is CC(C)OCCN(C)Cc1ccc(C(N)=S)cc1Cl. The number of halogens is 1. The number of hydrogen-bond acceptors (Lipinski definition) is 3. The fourth-order valence-electron chi connectivity index (χ4n) is 1.64. The average molecular weight is 301 g/mol. The summed E-state index contributed by atoms with van der Waals surface area (Å²) < 4.78 is 5.52. The number of ether oxygens (including phenoxy) is 1. The van der Waals surface area contributed by atoms with Gasteiger partial charge in [0.2, 0.25) is 0 Å². The number of rotatable bonds is 7. The lowest BCUT2D eigenvalue weighted by Gasteiger charge is -2.18. The summed E-state index contributed by atoms with van der Waals surface area (Å²) in [4.78, 5) is 2.54. The normalized spacial score (nSPS) is 11.3. The van der Waals surface area contributed by atoms with Crippen molar-refractivity contribution in [3.8, 4) is 0 Å². The van der Waals surface area contributed by atoms with Gasteiger partial charge in [0.05, 0.1) is 12.7 Å². The third-order valence-corrected chi connectivity index (χ3v) is 3.29. The molecular weight excluding hydrogens is 280 g/mol. The van der Waals surface area contributed by atoms with Crippen molar-refractivity contribution < 1.29 is 4.74 Å². The first-order chi connectivity index (χ1) is 8.90. The van der Waals surface area contributed by atoms with Crippen molar-refractivity contribution in [2.75, 3.05) is 20.2 Å². The molecule has 3 nitrogen and oxygen atoms in total. The molecule has 0 fully saturated rings. The molecule has 1 aromatic carbocycles. The zero-order chi connectivity index (χ0) is 14.4. The smallest absolute Gasteiger partial charge is 0.104 e. The molecule has 2 N–H and O–H groups in total. The van der Waals surface area contributed by atoms with Crippen LogP contribution < -0.4 is 5.73 Å². The van der Waals surface area contributed by atoms with Crippen LogP contribution in [0.2, 0.25) is 5.02 Å². The summed E-state index contributed by atoms with van der Waals surface area (Å²) in [5.74, 6) is 0. The number of nitrogens with two attached hydrogens (primary N) is 1. The summed E-state index contributed by atoms with van der Waals surface area (Å²) in [6.45, 7) is 6.43. The van der Waals surface area contributed by atoms with Gasteiger partial charge in [0.1, 0.15) is 4.99 Å². The number of likely N-dealkylation sites (N-methyl/N-ethyl adjacent to an activating group) is 1. The van der Waals surface area contributed by atoms with E-state index in [1.165, 1.54) is 0 Å². The van der Waals surface area contributed by atoms with Gasteiger partial charge in [-0.2, -0.15) is 0 Å². The van der Waals surface area contributed by atoms with E-state index in [0.29, 0.717) is 10.0 Å². The second-order valence-corrected chi connectivity index (χ2v) is 5.67. The molecule has 0 aromatic heterocycles. The molecule has 1 rings (SSSR count). The molecule has 0 atom stereocenters. The zero-order valence-electron chi connectivity index (χ0n) is 11.6. The van der Waals surface area contributed by atoms with Crippen LogP contribution in [-0.4, -0.2) is 36.2 Å². The molecule has 106 valence electrons. The van der Waals surface area contributed by atoms with E-state index >= 15 is 0 Å². The molecule has 0 radical (unpaired) electrons. The number of hydrogen-bond donors (Lipinski definition) is 1. The van der Waals surface area contributed by atoms with E-state index in [9.17, 15) is 0 Å². The van der Waals surface area contributed by atoms with Crippen molar-refractivity contribution in [2.45, 2.75) is 26.5 Å². The maximum absolute atomic E-state index is 6.23. The van der Waals surface area contributed by atoms with Crippen LogP contribution in [-0.2, 0) is 11.3 Å². The van der Waals surface area contributed by atoms with Crippen LogP contribution in [0.4, 0.5) is 0 Å². The first-order valence-corrected chi connectivity index (χ1v) is 7.07. The molecule has 1 aromatic rings. The van der Waals surface area contributed by atoms with Gasteiger partial charge >= 0.3 is 0 Å². The third kappa shape index (κ3) is 5.87. The van der Waals surface area contributed by atoms with Crippen molar-refractivity contribution in [1.29, 1.82) is 0 Å². The van der Waals surface area contributed by atoms with Gasteiger partial charge in [0.15, 0.2) is 0 Å². The summed E-state index contributed by atoms with van der Waals surface area (Å²) >= 11 is 11.2. The zero-order valence-corrected chi connectivity index (χ0v) is 13.2. The van der Waals surface area contributed by atoms with Gasteiger partial charge in [-0.3, -0.25) is 4.90 Å². The molecule has 0 amide bonds. The number of benzene rings is 1. The Kier molecular flexibility index (Phi) is 6.72. The Hall–Kier alpha value is -0.680. The highest BCUT2D eigenvalue weighted by Crippen LogP contribution is 2.19. The van der Waals surface area contributed by atoms with Crippen molar-refractivity contribution >= 4 is 28.8 Å². The lowest BCUT2D eigenvalue weighted by Crippen LogP contribution is -2.24. The minimum Gasteiger partial charge on any atom is -0.389 e. The van der Waals surface area contributed by atoms with Crippen molar-refractivity contribution in [3.63, 3.8) is 0 Å². The molecule has 0 bridgehead atoms. The maximum atomic E-state index is 6.23. The van der Waals surface area contributed by atoms with Gasteiger partial charge in [-0.05, 0) is 32.5 Å². The Labute approximate surface area is 125 Å². The predicted molar refractivity (Wildman–Crippen MR) is 84.8 cm³/mol. The molecule has 0 heterocycles. The van der Waals surface area contributed by atoms with Crippen LogP contribution in [0.1, 0.15) is 25.0 Å². The van der Waals surface area contributed by atoms with E-state index in [0.717, 1.165) is 30.8 Å². The molecule has 0 saturated carbocycles. The van der Waals surface area contributed by atoms with Crippen LogP contribution in [0.15, 0.2) is 18.2 Å². The van der Waals surface area contributed by atoms with E-state index in [2.05, 4.69) is 4.90 Å².